The Morgan fingerprint density at radius 3 is 2.27 bits per heavy atom. The Morgan fingerprint density at radius 1 is 1.27 bits per heavy atom. The third-order valence-electron chi connectivity index (χ3n) is 3.23. The first-order valence-electron chi connectivity index (χ1n) is 6.24. The minimum atomic E-state index is -4.80. The molecule has 1 amide bonds. The highest BCUT2D eigenvalue weighted by molar-refractivity contribution is 5.95. The molecule has 0 unspecified atom stereocenters. The quantitative estimate of drug-likeness (QED) is 0.656. The molecule has 0 aromatic heterocycles. The van der Waals surface area contributed by atoms with Gasteiger partial charge >= 0.3 is 6.18 Å². The Bertz CT molecular complexity index is 573. The van der Waals surface area contributed by atoms with E-state index in [1.807, 2.05) is 0 Å². The van der Waals surface area contributed by atoms with Crippen LogP contribution in [0.1, 0.15) is 30.6 Å². The highest BCUT2D eigenvalue weighted by Crippen LogP contribution is 2.29. The lowest BCUT2D eigenvalue weighted by molar-refractivity contribution is -0.164. The largest absolute Gasteiger partial charge is 0.503 e. The summed E-state index contributed by atoms with van der Waals surface area (Å²) in [7, 11) is 0. The third kappa shape index (κ3) is 3.63. The van der Waals surface area contributed by atoms with Crippen molar-refractivity contribution >= 4 is 5.91 Å². The van der Waals surface area contributed by atoms with Crippen LogP contribution < -0.4 is 5.32 Å². The van der Waals surface area contributed by atoms with Crippen molar-refractivity contribution < 1.29 is 36.2 Å². The molecule has 124 valence electrons. The highest BCUT2D eigenvalue weighted by Gasteiger charge is 2.44. The van der Waals surface area contributed by atoms with E-state index < -0.39 is 52.8 Å². The number of hydrogen-bond acceptors (Lipinski definition) is 2. The van der Waals surface area contributed by atoms with Gasteiger partial charge in [-0.1, -0.05) is 20.3 Å². The maximum atomic E-state index is 13.5. The normalized spacial score (nSPS) is 14.5. The van der Waals surface area contributed by atoms with Crippen molar-refractivity contribution in [3.05, 3.63) is 29.1 Å². The van der Waals surface area contributed by atoms with Gasteiger partial charge in [0.25, 0.3) is 5.91 Å². The Balaban J connectivity index is 3.16. The van der Waals surface area contributed by atoms with Gasteiger partial charge in [0.05, 0.1) is 5.56 Å². The van der Waals surface area contributed by atoms with E-state index in [0.717, 1.165) is 0 Å². The Morgan fingerprint density at radius 2 is 1.82 bits per heavy atom. The molecule has 0 radical (unpaired) electrons. The van der Waals surface area contributed by atoms with Crippen LogP contribution in [0.5, 0.6) is 5.75 Å². The predicted octanol–water partition coefficient (Wildman–Crippen LogP) is 3.52. The van der Waals surface area contributed by atoms with E-state index in [-0.39, 0.29) is 12.5 Å². The van der Waals surface area contributed by atoms with Crippen LogP contribution >= 0.6 is 0 Å². The predicted molar refractivity (Wildman–Crippen MR) is 64.7 cm³/mol. The summed E-state index contributed by atoms with van der Waals surface area (Å²) in [6.07, 6.45) is -4.74. The number of halogens is 6. The molecule has 0 saturated heterocycles. The fraction of sp³-hybridized carbons (Fsp3) is 0.462. The zero-order valence-electron chi connectivity index (χ0n) is 11.6. The van der Waals surface area contributed by atoms with Gasteiger partial charge in [-0.3, -0.25) is 4.79 Å². The van der Waals surface area contributed by atoms with Crippen molar-refractivity contribution in [1.29, 1.82) is 0 Å². The van der Waals surface area contributed by atoms with Crippen LogP contribution in [0.4, 0.5) is 26.3 Å². The van der Waals surface area contributed by atoms with Crippen molar-refractivity contribution in [2.24, 2.45) is 5.92 Å². The zero-order chi connectivity index (χ0) is 17.2. The standard InChI is InChI=1S/C13H13F6NO2/c1-3-5(2)11(13(17,18)19)20-12(22)6-4-7(14)9(16)10(21)8(6)15/h4-5,11,21H,3H2,1-2H3,(H,20,22)/t5-,11-/m1/s1. The van der Waals surface area contributed by atoms with Crippen LogP contribution in [-0.2, 0) is 0 Å². The van der Waals surface area contributed by atoms with Crippen molar-refractivity contribution in [1.82, 2.24) is 5.32 Å². The minimum Gasteiger partial charge on any atom is -0.503 e. The van der Waals surface area contributed by atoms with Gasteiger partial charge in [0.15, 0.2) is 17.4 Å². The number of carbonyl (C=O) groups is 1. The molecule has 1 rings (SSSR count). The molecule has 1 aromatic rings. The van der Waals surface area contributed by atoms with E-state index in [4.69, 9.17) is 5.11 Å². The number of benzene rings is 1. The molecule has 0 aliphatic carbocycles. The average molecular weight is 329 g/mol. The number of hydrogen-bond donors (Lipinski definition) is 2. The Labute approximate surface area is 121 Å². The molecule has 0 fully saturated rings. The van der Waals surface area contributed by atoms with Crippen molar-refractivity contribution in [3.63, 3.8) is 0 Å². The molecule has 2 atom stereocenters. The van der Waals surface area contributed by atoms with Crippen LogP contribution in [0.2, 0.25) is 0 Å². The van der Waals surface area contributed by atoms with Crippen LogP contribution in [0.15, 0.2) is 6.07 Å². The number of phenols is 1. The van der Waals surface area contributed by atoms with E-state index in [1.54, 1.807) is 0 Å². The molecule has 2 N–H and O–H groups in total. The number of nitrogens with one attached hydrogen (secondary N) is 1. The summed E-state index contributed by atoms with van der Waals surface area (Å²) in [5, 5.41) is 10.5. The summed E-state index contributed by atoms with van der Waals surface area (Å²) in [6, 6.07) is -2.20. The molecular formula is C13H13F6NO2. The topological polar surface area (TPSA) is 49.3 Å². The van der Waals surface area contributed by atoms with Crippen LogP contribution in [0, 0.1) is 23.4 Å². The second kappa shape index (κ2) is 6.45. The number of phenolic OH excluding ortho intramolecular Hbond substituents is 1. The van der Waals surface area contributed by atoms with E-state index >= 15 is 0 Å². The Kier molecular flexibility index (Phi) is 5.31. The summed E-state index contributed by atoms with van der Waals surface area (Å²) in [5.74, 6) is -9.90. The third-order valence-corrected chi connectivity index (χ3v) is 3.23. The molecule has 0 aliphatic heterocycles. The van der Waals surface area contributed by atoms with E-state index in [0.29, 0.717) is 0 Å². The second-order valence-electron chi connectivity index (χ2n) is 4.76. The summed E-state index contributed by atoms with van der Waals surface area (Å²) in [6.45, 7) is 2.68. The molecule has 0 heterocycles. The number of amides is 1. The minimum absolute atomic E-state index is 0.0654. The molecule has 0 bridgehead atoms. The fourth-order valence-corrected chi connectivity index (χ4v) is 1.76. The lowest BCUT2D eigenvalue weighted by Gasteiger charge is -2.26. The summed E-state index contributed by atoms with van der Waals surface area (Å²) in [4.78, 5) is 11.7. The molecule has 0 saturated carbocycles. The summed E-state index contributed by atoms with van der Waals surface area (Å²) in [5.41, 5.74) is -1.21. The molecule has 22 heavy (non-hydrogen) atoms. The Hall–Kier alpha value is -1.93. The maximum absolute atomic E-state index is 13.5. The van der Waals surface area contributed by atoms with Gasteiger partial charge in [0.1, 0.15) is 6.04 Å². The summed E-state index contributed by atoms with van der Waals surface area (Å²) >= 11 is 0. The highest BCUT2D eigenvalue weighted by atomic mass is 19.4. The van der Waals surface area contributed by atoms with Gasteiger partial charge in [-0.2, -0.15) is 17.6 Å². The lowest BCUT2D eigenvalue weighted by atomic mass is 9.98. The molecule has 9 heteroatoms. The summed E-state index contributed by atoms with van der Waals surface area (Å²) < 4.78 is 78.1. The molecule has 0 spiro atoms. The van der Waals surface area contributed by atoms with Gasteiger partial charge in [-0.05, 0) is 12.0 Å². The van der Waals surface area contributed by atoms with E-state index in [2.05, 4.69) is 0 Å². The number of rotatable bonds is 4. The first kappa shape index (κ1) is 18.1. The van der Waals surface area contributed by atoms with Crippen LogP contribution in [0.25, 0.3) is 0 Å². The zero-order valence-corrected chi connectivity index (χ0v) is 11.6. The van der Waals surface area contributed by atoms with Crippen LogP contribution in [0.3, 0.4) is 0 Å². The molecular weight excluding hydrogens is 316 g/mol. The second-order valence-corrected chi connectivity index (χ2v) is 4.76. The fourth-order valence-electron chi connectivity index (χ4n) is 1.76. The smallest absolute Gasteiger partial charge is 0.408 e. The molecule has 1 aromatic carbocycles. The van der Waals surface area contributed by atoms with Crippen molar-refractivity contribution in [3.8, 4) is 5.75 Å². The van der Waals surface area contributed by atoms with Gasteiger partial charge in [-0.25, -0.2) is 8.78 Å². The number of carbonyl (C=O) groups excluding carboxylic acids is 1. The molecule has 3 nitrogen and oxygen atoms in total. The maximum Gasteiger partial charge on any atom is 0.408 e. The van der Waals surface area contributed by atoms with Gasteiger partial charge in [0, 0.05) is 0 Å². The number of aromatic hydroxyl groups is 1. The average Bonchev–Trinajstić information content (AvgIpc) is 2.44. The lowest BCUT2D eigenvalue weighted by Crippen LogP contribution is -2.49. The molecule has 0 aliphatic rings. The SMILES string of the molecule is CC[C@@H](C)[C@@H](NC(=O)c1cc(F)c(F)c(O)c1F)C(F)(F)F. The van der Waals surface area contributed by atoms with Gasteiger partial charge in [-0.15, -0.1) is 0 Å². The number of alkyl halides is 3. The van der Waals surface area contributed by atoms with E-state index in [1.165, 1.54) is 19.2 Å². The monoisotopic (exact) mass is 329 g/mol. The van der Waals surface area contributed by atoms with Gasteiger partial charge in [0.2, 0.25) is 5.82 Å². The van der Waals surface area contributed by atoms with E-state index in [9.17, 15) is 31.1 Å². The van der Waals surface area contributed by atoms with Crippen molar-refractivity contribution in [2.45, 2.75) is 32.5 Å². The van der Waals surface area contributed by atoms with Gasteiger partial charge < -0.3 is 10.4 Å². The van der Waals surface area contributed by atoms with Crippen LogP contribution in [-0.4, -0.2) is 23.2 Å². The van der Waals surface area contributed by atoms with Crippen molar-refractivity contribution in [2.75, 3.05) is 0 Å². The first-order chi connectivity index (χ1) is 10.0. The first-order valence-corrected chi connectivity index (χ1v) is 6.24.